The van der Waals surface area contributed by atoms with Crippen molar-refractivity contribution in [3.8, 4) is 10.6 Å². The van der Waals surface area contributed by atoms with Gasteiger partial charge in [-0.05, 0) is 26.8 Å². The molecule has 0 radical (unpaired) electrons. The summed E-state index contributed by atoms with van der Waals surface area (Å²) in [6.45, 7) is 6.30. The molecule has 2 amide bonds. The number of benzene rings is 1. The van der Waals surface area contributed by atoms with Gasteiger partial charge in [0.15, 0.2) is 0 Å². The normalized spacial score (nSPS) is 19.3. The third-order valence-corrected chi connectivity index (χ3v) is 5.99. The van der Waals surface area contributed by atoms with E-state index < -0.39 is 5.54 Å². The Kier molecular flexibility index (Phi) is 4.64. The summed E-state index contributed by atoms with van der Waals surface area (Å²) in [4.78, 5) is 30.7. The van der Waals surface area contributed by atoms with E-state index in [-0.39, 0.29) is 24.2 Å². The highest BCUT2D eigenvalue weighted by molar-refractivity contribution is 7.13. The van der Waals surface area contributed by atoms with Crippen molar-refractivity contribution >= 4 is 23.2 Å². The molecule has 0 unspecified atom stereocenters. The smallest absolute Gasteiger partial charge is 0.226 e. The van der Waals surface area contributed by atoms with E-state index in [2.05, 4.69) is 29.4 Å². The van der Waals surface area contributed by atoms with Gasteiger partial charge in [0.05, 0.1) is 18.2 Å². The Bertz CT molecular complexity index is 813. The Morgan fingerprint density at radius 1 is 1.44 bits per heavy atom. The summed E-state index contributed by atoms with van der Waals surface area (Å²) in [6.07, 6.45) is 0.265. The van der Waals surface area contributed by atoms with Crippen LogP contribution in [0.5, 0.6) is 0 Å². The van der Waals surface area contributed by atoms with Crippen LogP contribution in [0.1, 0.15) is 31.5 Å². The number of likely N-dealkylation sites (tertiary alicyclic amines) is 1. The lowest BCUT2D eigenvalue weighted by Crippen LogP contribution is -2.46. The van der Waals surface area contributed by atoms with Gasteiger partial charge in [0.25, 0.3) is 0 Å². The van der Waals surface area contributed by atoms with Crippen molar-refractivity contribution in [3.63, 3.8) is 0 Å². The molecule has 25 heavy (non-hydrogen) atoms. The molecule has 1 aromatic carbocycles. The van der Waals surface area contributed by atoms with Gasteiger partial charge >= 0.3 is 0 Å². The summed E-state index contributed by atoms with van der Waals surface area (Å²) in [7, 11) is 1.75. The molecule has 0 spiro atoms. The van der Waals surface area contributed by atoms with E-state index >= 15 is 0 Å². The van der Waals surface area contributed by atoms with E-state index in [4.69, 9.17) is 0 Å². The maximum Gasteiger partial charge on any atom is 0.226 e. The maximum atomic E-state index is 12.5. The number of hydrogen-bond donors (Lipinski definition) is 1. The van der Waals surface area contributed by atoms with Crippen molar-refractivity contribution in [2.24, 2.45) is 5.92 Å². The van der Waals surface area contributed by atoms with E-state index in [1.165, 1.54) is 5.56 Å². The molecule has 5 nitrogen and oxygen atoms in total. The topological polar surface area (TPSA) is 62.3 Å². The third-order valence-electron chi connectivity index (χ3n) is 5.05. The number of carbonyl (C=O) groups is 2. The number of hydrogen-bond acceptors (Lipinski definition) is 4. The van der Waals surface area contributed by atoms with Gasteiger partial charge in [-0.15, -0.1) is 11.3 Å². The number of thiazole rings is 1. The van der Waals surface area contributed by atoms with Crippen LogP contribution in [0.2, 0.25) is 0 Å². The van der Waals surface area contributed by atoms with Crippen LogP contribution in [-0.4, -0.2) is 34.3 Å². The van der Waals surface area contributed by atoms with Crippen LogP contribution in [0, 0.1) is 12.8 Å². The van der Waals surface area contributed by atoms with Gasteiger partial charge in [0.2, 0.25) is 11.8 Å². The molecule has 1 N–H and O–H groups in total. The number of aryl methyl sites for hydroxylation is 1. The van der Waals surface area contributed by atoms with Gasteiger partial charge < -0.3 is 10.2 Å². The first kappa shape index (κ1) is 17.6. The second kappa shape index (κ2) is 6.59. The van der Waals surface area contributed by atoms with Gasteiger partial charge in [-0.2, -0.15) is 0 Å². The summed E-state index contributed by atoms with van der Waals surface area (Å²) < 4.78 is 0. The van der Waals surface area contributed by atoms with Gasteiger partial charge in [-0.1, -0.05) is 23.8 Å². The van der Waals surface area contributed by atoms with Crippen molar-refractivity contribution in [2.75, 3.05) is 7.05 Å². The first-order valence-electron chi connectivity index (χ1n) is 8.35. The molecule has 0 saturated carbocycles. The SMILES string of the molecule is Cc1cccc(-c2nc(CNC(=O)[C@@H]3CC(=O)N(C)C3(C)C)cs2)c1. The second-order valence-corrected chi connectivity index (χ2v) is 7.95. The molecule has 1 aliphatic rings. The third kappa shape index (κ3) is 3.44. The highest BCUT2D eigenvalue weighted by Gasteiger charge is 2.47. The quantitative estimate of drug-likeness (QED) is 0.915. The summed E-state index contributed by atoms with van der Waals surface area (Å²) in [5.41, 5.74) is 2.66. The zero-order chi connectivity index (χ0) is 18.2. The monoisotopic (exact) mass is 357 g/mol. The van der Waals surface area contributed by atoms with E-state index in [1.54, 1.807) is 23.3 Å². The Morgan fingerprint density at radius 2 is 2.20 bits per heavy atom. The fourth-order valence-electron chi connectivity index (χ4n) is 3.13. The van der Waals surface area contributed by atoms with Crippen molar-refractivity contribution in [3.05, 3.63) is 40.9 Å². The van der Waals surface area contributed by atoms with Crippen LogP contribution >= 0.6 is 11.3 Å². The standard InChI is InChI=1S/C19H23N3O2S/c1-12-6-5-7-13(8-12)18-21-14(11-25-18)10-20-17(24)15-9-16(23)22(4)19(15,2)3/h5-8,11,15H,9-10H2,1-4H3,(H,20,24)/t15-/m0/s1. The molecule has 1 atom stereocenters. The Morgan fingerprint density at radius 3 is 2.84 bits per heavy atom. The number of nitrogens with one attached hydrogen (secondary N) is 1. The van der Waals surface area contributed by atoms with Gasteiger partial charge in [0, 0.05) is 30.0 Å². The van der Waals surface area contributed by atoms with Crippen LogP contribution in [0.25, 0.3) is 10.6 Å². The van der Waals surface area contributed by atoms with Crippen molar-refractivity contribution in [1.29, 1.82) is 0 Å². The molecule has 3 rings (SSSR count). The van der Waals surface area contributed by atoms with E-state index in [9.17, 15) is 9.59 Å². The average molecular weight is 357 g/mol. The Balaban J connectivity index is 1.65. The van der Waals surface area contributed by atoms with Crippen LogP contribution in [0.15, 0.2) is 29.6 Å². The van der Waals surface area contributed by atoms with E-state index in [0.29, 0.717) is 6.54 Å². The minimum atomic E-state index is -0.462. The van der Waals surface area contributed by atoms with Crippen molar-refractivity contribution in [1.82, 2.24) is 15.2 Å². The van der Waals surface area contributed by atoms with Gasteiger partial charge in [0.1, 0.15) is 5.01 Å². The molecule has 1 fully saturated rings. The lowest BCUT2D eigenvalue weighted by molar-refractivity contribution is -0.128. The molecule has 132 valence electrons. The molecular weight excluding hydrogens is 334 g/mol. The zero-order valence-corrected chi connectivity index (χ0v) is 15.8. The molecule has 0 aliphatic carbocycles. The molecule has 6 heteroatoms. The highest BCUT2D eigenvalue weighted by Crippen LogP contribution is 2.34. The number of aromatic nitrogens is 1. The molecule has 1 saturated heterocycles. The lowest BCUT2D eigenvalue weighted by Gasteiger charge is -2.32. The molecular formula is C19H23N3O2S. The van der Waals surface area contributed by atoms with Crippen LogP contribution < -0.4 is 5.32 Å². The van der Waals surface area contributed by atoms with Crippen molar-refractivity contribution < 1.29 is 9.59 Å². The van der Waals surface area contributed by atoms with Gasteiger partial charge in [-0.25, -0.2) is 4.98 Å². The fraction of sp³-hybridized carbons (Fsp3) is 0.421. The summed E-state index contributed by atoms with van der Waals surface area (Å²) in [5, 5.41) is 5.86. The molecule has 2 aromatic rings. The summed E-state index contributed by atoms with van der Waals surface area (Å²) >= 11 is 1.57. The summed E-state index contributed by atoms with van der Waals surface area (Å²) in [5.74, 6) is -0.409. The highest BCUT2D eigenvalue weighted by atomic mass is 32.1. The zero-order valence-electron chi connectivity index (χ0n) is 15.0. The largest absolute Gasteiger partial charge is 0.350 e. The Hall–Kier alpha value is -2.21. The maximum absolute atomic E-state index is 12.5. The number of nitrogens with zero attached hydrogens (tertiary/aromatic N) is 2. The number of carbonyl (C=O) groups excluding carboxylic acids is 2. The van der Waals surface area contributed by atoms with E-state index in [1.807, 2.05) is 31.4 Å². The second-order valence-electron chi connectivity index (χ2n) is 7.09. The lowest BCUT2D eigenvalue weighted by atomic mass is 9.88. The first-order chi connectivity index (χ1) is 11.8. The average Bonchev–Trinajstić information content (AvgIpc) is 3.12. The summed E-state index contributed by atoms with van der Waals surface area (Å²) in [6, 6.07) is 8.21. The molecule has 0 bridgehead atoms. The molecule has 1 aromatic heterocycles. The fourth-order valence-corrected chi connectivity index (χ4v) is 3.95. The number of amides is 2. The first-order valence-corrected chi connectivity index (χ1v) is 9.23. The molecule has 1 aliphatic heterocycles. The Labute approximate surface area is 152 Å². The van der Waals surface area contributed by atoms with E-state index in [0.717, 1.165) is 16.3 Å². The minimum absolute atomic E-state index is 0.0144. The minimum Gasteiger partial charge on any atom is -0.350 e. The number of rotatable bonds is 4. The van der Waals surface area contributed by atoms with Crippen LogP contribution in [0.3, 0.4) is 0 Å². The predicted octanol–water partition coefficient (Wildman–Crippen LogP) is 2.99. The molecule has 2 heterocycles. The van der Waals surface area contributed by atoms with Crippen molar-refractivity contribution in [2.45, 2.75) is 39.3 Å². The predicted molar refractivity (Wildman–Crippen MR) is 99.1 cm³/mol. The van der Waals surface area contributed by atoms with Gasteiger partial charge in [-0.3, -0.25) is 9.59 Å². The van der Waals surface area contributed by atoms with Crippen LogP contribution in [0.4, 0.5) is 0 Å². The van der Waals surface area contributed by atoms with Crippen LogP contribution in [-0.2, 0) is 16.1 Å².